The van der Waals surface area contributed by atoms with Crippen molar-refractivity contribution in [2.75, 3.05) is 11.4 Å². The number of anilines is 1. The van der Waals surface area contributed by atoms with Crippen LogP contribution in [0.15, 0.2) is 29.8 Å². The van der Waals surface area contributed by atoms with Gasteiger partial charge in [0.15, 0.2) is 5.03 Å². The highest BCUT2D eigenvalue weighted by Gasteiger charge is 2.34. The number of sulfonamides is 1. The quantitative estimate of drug-likeness (QED) is 0.761. The van der Waals surface area contributed by atoms with Crippen molar-refractivity contribution >= 4 is 21.7 Å². The zero-order chi connectivity index (χ0) is 19.6. The predicted octanol–water partition coefficient (Wildman–Crippen LogP) is 1.23. The first-order chi connectivity index (χ1) is 12.8. The van der Waals surface area contributed by atoms with Crippen LogP contribution in [0.25, 0.3) is 0 Å². The minimum atomic E-state index is -3.87. The lowest BCUT2D eigenvalue weighted by molar-refractivity contribution is -0.121. The molecule has 1 saturated heterocycles. The number of aromatic nitrogens is 4. The average Bonchev–Trinajstić information content (AvgIpc) is 3.25. The van der Waals surface area contributed by atoms with Crippen molar-refractivity contribution in [2.45, 2.75) is 57.8 Å². The van der Waals surface area contributed by atoms with Crippen LogP contribution in [0.5, 0.6) is 0 Å². The molecule has 0 saturated carbocycles. The molecule has 0 spiro atoms. The van der Waals surface area contributed by atoms with Gasteiger partial charge in [0.05, 0.1) is 12.5 Å². The molecule has 0 bridgehead atoms. The van der Waals surface area contributed by atoms with Gasteiger partial charge in [-0.3, -0.25) is 9.69 Å². The van der Waals surface area contributed by atoms with Gasteiger partial charge in [-0.15, -0.1) is 0 Å². The van der Waals surface area contributed by atoms with E-state index >= 15 is 0 Å². The second kappa shape index (κ2) is 7.81. The molecular formula is C17H26N6O3S. The number of carbonyl (C=O) groups excluding carboxylic acids is 1. The van der Waals surface area contributed by atoms with Crippen molar-refractivity contribution in [1.82, 2.24) is 24.1 Å². The van der Waals surface area contributed by atoms with Gasteiger partial charge in [0.1, 0.15) is 11.9 Å². The van der Waals surface area contributed by atoms with E-state index in [1.807, 2.05) is 20.8 Å². The predicted molar refractivity (Wildman–Crippen MR) is 101 cm³/mol. The van der Waals surface area contributed by atoms with Crippen molar-refractivity contribution in [1.29, 1.82) is 0 Å². The van der Waals surface area contributed by atoms with Crippen molar-refractivity contribution in [3.05, 3.63) is 24.8 Å². The zero-order valence-electron chi connectivity index (χ0n) is 15.9. The summed E-state index contributed by atoms with van der Waals surface area (Å²) >= 11 is 0. The van der Waals surface area contributed by atoms with Crippen LogP contribution in [0, 0.1) is 5.92 Å². The molecule has 148 valence electrons. The first kappa shape index (κ1) is 19.6. The normalized spacial score (nSPS) is 18.4. The second-order valence-electron chi connectivity index (χ2n) is 7.11. The summed E-state index contributed by atoms with van der Waals surface area (Å²) < 4.78 is 31.4. The van der Waals surface area contributed by atoms with E-state index in [2.05, 4.69) is 14.8 Å². The summed E-state index contributed by atoms with van der Waals surface area (Å²) in [5, 5.41) is 4.13. The summed E-state index contributed by atoms with van der Waals surface area (Å²) in [6.07, 6.45) is 5.81. The fourth-order valence-corrected chi connectivity index (χ4v) is 4.43. The molecule has 3 heterocycles. The Morgan fingerprint density at radius 2 is 2.15 bits per heavy atom. The van der Waals surface area contributed by atoms with Crippen molar-refractivity contribution in [2.24, 2.45) is 5.92 Å². The second-order valence-corrected chi connectivity index (χ2v) is 8.77. The Kier molecular flexibility index (Phi) is 5.66. The maximum atomic E-state index is 12.9. The van der Waals surface area contributed by atoms with Gasteiger partial charge in [0, 0.05) is 31.9 Å². The van der Waals surface area contributed by atoms with Gasteiger partial charge in [-0.2, -0.15) is 9.82 Å². The topological polar surface area (TPSA) is 102 Å². The number of amides is 1. The van der Waals surface area contributed by atoms with Gasteiger partial charge in [0.2, 0.25) is 5.91 Å². The number of nitrogens with one attached hydrogen (secondary N) is 1. The van der Waals surface area contributed by atoms with Gasteiger partial charge < -0.3 is 4.57 Å². The third-order valence-corrected chi connectivity index (χ3v) is 5.82. The molecule has 27 heavy (non-hydrogen) atoms. The summed E-state index contributed by atoms with van der Waals surface area (Å²) in [4.78, 5) is 18.5. The van der Waals surface area contributed by atoms with E-state index in [1.54, 1.807) is 26.4 Å². The lowest BCUT2D eigenvalue weighted by atomic mass is 10.1. The lowest BCUT2D eigenvalue weighted by Crippen LogP contribution is -2.52. The van der Waals surface area contributed by atoms with Crippen LogP contribution in [0.3, 0.4) is 0 Å². The largest absolute Gasteiger partial charge is 0.336 e. The van der Waals surface area contributed by atoms with Crippen molar-refractivity contribution in [3.8, 4) is 0 Å². The van der Waals surface area contributed by atoms with Crippen molar-refractivity contribution < 1.29 is 13.2 Å². The van der Waals surface area contributed by atoms with Crippen LogP contribution in [-0.4, -0.2) is 46.2 Å². The Morgan fingerprint density at radius 1 is 1.37 bits per heavy atom. The van der Waals surface area contributed by atoms with Crippen LogP contribution >= 0.6 is 0 Å². The maximum Gasteiger partial charge on any atom is 0.260 e. The fourth-order valence-electron chi connectivity index (χ4n) is 3.26. The minimum absolute atomic E-state index is 0.0633. The molecule has 0 aliphatic carbocycles. The highest BCUT2D eigenvalue weighted by molar-refractivity contribution is 7.89. The number of imidazole rings is 1. The number of hydrogen-bond acceptors (Lipinski definition) is 5. The highest BCUT2D eigenvalue weighted by Crippen LogP contribution is 2.22. The Labute approximate surface area is 159 Å². The number of rotatable bonds is 7. The molecule has 1 atom stereocenters. The van der Waals surface area contributed by atoms with E-state index in [0.29, 0.717) is 44.2 Å². The molecule has 1 amide bonds. The molecule has 1 aliphatic heterocycles. The first-order valence-electron chi connectivity index (χ1n) is 9.19. The lowest BCUT2D eigenvalue weighted by Gasteiger charge is -2.32. The molecule has 3 rings (SSSR count). The third-order valence-electron chi connectivity index (χ3n) is 4.47. The van der Waals surface area contributed by atoms with E-state index < -0.39 is 16.1 Å². The van der Waals surface area contributed by atoms with Gasteiger partial charge in [-0.05, 0) is 25.7 Å². The molecule has 0 aromatic carbocycles. The van der Waals surface area contributed by atoms with Gasteiger partial charge in [-0.1, -0.05) is 13.8 Å². The summed E-state index contributed by atoms with van der Waals surface area (Å²) in [6.45, 7) is 7.89. The van der Waals surface area contributed by atoms with Gasteiger partial charge in [0.25, 0.3) is 10.0 Å². The van der Waals surface area contributed by atoms with Crippen LogP contribution in [-0.2, 0) is 27.9 Å². The standard InChI is InChI=1S/C17H26N6O3S/c1-4-23-16(7-8-19-23)22-9-5-6-14(17(22)24)20-27(25,26)15-11-21(12-18-15)10-13(2)3/h7-8,11-14,20H,4-6,9-10H2,1-3H3/t14-/m1/s1. The average molecular weight is 395 g/mol. The monoisotopic (exact) mass is 394 g/mol. The molecule has 9 nitrogen and oxygen atoms in total. The highest BCUT2D eigenvalue weighted by atomic mass is 32.2. The zero-order valence-corrected chi connectivity index (χ0v) is 16.7. The molecule has 2 aromatic rings. The van der Waals surface area contributed by atoms with Crippen LogP contribution in [0.4, 0.5) is 5.82 Å². The Bertz CT molecular complexity index is 901. The van der Waals surface area contributed by atoms with Crippen LogP contribution < -0.4 is 9.62 Å². The van der Waals surface area contributed by atoms with Crippen LogP contribution in [0.1, 0.15) is 33.6 Å². The first-order valence-corrected chi connectivity index (χ1v) is 10.7. The molecule has 1 N–H and O–H groups in total. The molecule has 0 radical (unpaired) electrons. The van der Waals surface area contributed by atoms with E-state index in [0.717, 1.165) is 0 Å². The minimum Gasteiger partial charge on any atom is -0.336 e. The van der Waals surface area contributed by atoms with Gasteiger partial charge in [-0.25, -0.2) is 18.1 Å². The molecule has 10 heteroatoms. The summed E-state index contributed by atoms with van der Waals surface area (Å²) in [5.74, 6) is 0.800. The smallest absolute Gasteiger partial charge is 0.260 e. The summed E-state index contributed by atoms with van der Waals surface area (Å²) in [6, 6.07) is 0.963. The van der Waals surface area contributed by atoms with E-state index in [9.17, 15) is 13.2 Å². The molecular weight excluding hydrogens is 368 g/mol. The summed E-state index contributed by atoms with van der Waals surface area (Å²) in [7, 11) is -3.87. The SMILES string of the molecule is CCn1nccc1N1CCC[C@@H](NS(=O)(=O)c2cn(CC(C)C)cn2)C1=O. The third kappa shape index (κ3) is 4.22. The van der Waals surface area contributed by atoms with Crippen molar-refractivity contribution in [3.63, 3.8) is 0 Å². The number of hydrogen-bond donors (Lipinski definition) is 1. The Morgan fingerprint density at radius 3 is 2.85 bits per heavy atom. The van der Waals surface area contributed by atoms with E-state index in [1.165, 1.54) is 12.5 Å². The number of carbonyl (C=O) groups is 1. The Hall–Kier alpha value is -2.20. The maximum absolute atomic E-state index is 12.9. The molecule has 1 fully saturated rings. The van der Waals surface area contributed by atoms with E-state index in [-0.39, 0.29) is 10.9 Å². The molecule has 0 unspecified atom stereocenters. The van der Waals surface area contributed by atoms with Gasteiger partial charge >= 0.3 is 0 Å². The fraction of sp³-hybridized carbons (Fsp3) is 0.588. The number of nitrogens with zero attached hydrogens (tertiary/aromatic N) is 5. The van der Waals surface area contributed by atoms with E-state index in [4.69, 9.17) is 0 Å². The number of aryl methyl sites for hydroxylation is 1. The number of piperidine rings is 1. The Balaban J connectivity index is 1.76. The van der Waals surface area contributed by atoms with Crippen LogP contribution in [0.2, 0.25) is 0 Å². The molecule has 2 aromatic heterocycles. The molecule has 1 aliphatic rings. The summed E-state index contributed by atoms with van der Waals surface area (Å²) in [5.41, 5.74) is 0.